The molecule has 0 saturated carbocycles. The molecule has 0 fully saturated rings. The van der Waals surface area contributed by atoms with Crippen molar-refractivity contribution in [3.63, 3.8) is 0 Å². The molecule has 5 nitrogen and oxygen atoms in total. The van der Waals surface area contributed by atoms with E-state index >= 15 is 0 Å². The van der Waals surface area contributed by atoms with Crippen LogP contribution in [-0.2, 0) is 16.1 Å². The maximum atomic E-state index is 12.8. The summed E-state index contributed by atoms with van der Waals surface area (Å²) in [6, 6.07) is 5.54. The molecule has 0 N–H and O–H groups in total. The van der Waals surface area contributed by atoms with Gasteiger partial charge < -0.3 is 14.4 Å². The molecule has 50 heavy (non-hydrogen) atoms. The van der Waals surface area contributed by atoms with Gasteiger partial charge >= 0.3 is 11.9 Å². The van der Waals surface area contributed by atoms with E-state index < -0.39 is 0 Å². The Morgan fingerprint density at radius 2 is 0.860 bits per heavy atom. The molecule has 0 amide bonds. The molecule has 286 valence electrons. The van der Waals surface area contributed by atoms with E-state index in [0.717, 1.165) is 56.9 Å². The standard InChI is InChI=1S/C45H77NO4/c1-5-7-9-11-13-15-17-19-21-23-25-27-29-31-33-35-44(47)49-42-38-37-41(40-46(3)4)39-43(42)50-45(48)36-34-32-30-28-26-24-22-20-18-16-14-12-10-8-6-2/h19-22,37-39H,5-18,23-36,40H2,1-4H3/b21-19-,22-20-. The number of benzene rings is 1. The SMILES string of the molecule is CCCCCCCC/C=C\CCCCCCCC(=O)Oc1ccc(CN(C)C)cc1OC(=O)CCCCCCC/C=C\CCCCCCCC. The molecule has 0 heterocycles. The van der Waals surface area contributed by atoms with Crippen LogP contribution >= 0.6 is 0 Å². The lowest BCUT2D eigenvalue weighted by Gasteiger charge is -2.14. The predicted molar refractivity (Wildman–Crippen MR) is 214 cm³/mol. The molecule has 5 heteroatoms. The maximum Gasteiger partial charge on any atom is 0.311 e. The maximum absolute atomic E-state index is 12.8. The fourth-order valence-corrected chi connectivity index (χ4v) is 6.21. The Morgan fingerprint density at radius 3 is 1.26 bits per heavy atom. The van der Waals surface area contributed by atoms with E-state index in [9.17, 15) is 9.59 Å². The minimum Gasteiger partial charge on any atom is -0.423 e. The molecule has 1 rings (SSSR count). The second-order valence-corrected chi connectivity index (χ2v) is 14.6. The van der Waals surface area contributed by atoms with Gasteiger partial charge in [-0.2, -0.15) is 0 Å². The number of unbranched alkanes of at least 4 members (excludes halogenated alkanes) is 22. The number of nitrogens with zero attached hydrogens (tertiary/aromatic N) is 1. The summed E-state index contributed by atoms with van der Waals surface area (Å²) in [7, 11) is 4.00. The quantitative estimate of drug-likeness (QED) is 0.0311. The van der Waals surface area contributed by atoms with Gasteiger partial charge in [-0.3, -0.25) is 9.59 Å². The number of carbonyl (C=O) groups excluding carboxylic acids is 2. The highest BCUT2D eigenvalue weighted by Gasteiger charge is 2.15. The van der Waals surface area contributed by atoms with E-state index in [1.165, 1.54) is 116 Å². The Hall–Kier alpha value is -2.40. The summed E-state index contributed by atoms with van der Waals surface area (Å²) in [4.78, 5) is 27.5. The molecule has 0 aliphatic rings. The Morgan fingerprint density at radius 1 is 0.500 bits per heavy atom. The van der Waals surface area contributed by atoms with Crippen molar-refractivity contribution in [1.29, 1.82) is 0 Å². The largest absolute Gasteiger partial charge is 0.423 e. The van der Waals surface area contributed by atoms with E-state index in [1.54, 1.807) is 6.07 Å². The Labute approximate surface area is 309 Å². The van der Waals surface area contributed by atoms with Crippen molar-refractivity contribution in [2.75, 3.05) is 14.1 Å². The molecule has 0 aliphatic carbocycles. The van der Waals surface area contributed by atoms with Crippen molar-refractivity contribution in [1.82, 2.24) is 4.90 Å². The molecule has 0 spiro atoms. The molecule has 0 saturated heterocycles. The van der Waals surface area contributed by atoms with Crippen molar-refractivity contribution in [2.24, 2.45) is 0 Å². The van der Waals surface area contributed by atoms with Crippen LogP contribution in [0.4, 0.5) is 0 Å². The van der Waals surface area contributed by atoms with Gasteiger partial charge in [0.05, 0.1) is 0 Å². The van der Waals surface area contributed by atoms with E-state index in [-0.39, 0.29) is 11.9 Å². The molecule has 1 aromatic carbocycles. The number of ether oxygens (including phenoxy) is 2. The normalized spacial score (nSPS) is 11.7. The lowest BCUT2D eigenvalue weighted by atomic mass is 10.1. The zero-order valence-electron chi connectivity index (χ0n) is 33.1. The first-order valence-corrected chi connectivity index (χ1v) is 20.9. The van der Waals surface area contributed by atoms with Crippen LogP contribution in [0.3, 0.4) is 0 Å². The first-order valence-electron chi connectivity index (χ1n) is 20.9. The smallest absolute Gasteiger partial charge is 0.311 e. The van der Waals surface area contributed by atoms with Gasteiger partial charge in [0, 0.05) is 19.4 Å². The third kappa shape index (κ3) is 28.3. The Balaban J connectivity index is 2.27. The van der Waals surface area contributed by atoms with Crippen LogP contribution < -0.4 is 9.47 Å². The second kappa shape index (κ2) is 33.7. The highest BCUT2D eigenvalue weighted by molar-refractivity contribution is 5.76. The highest BCUT2D eigenvalue weighted by atomic mass is 16.6. The molecule has 0 bridgehead atoms. The van der Waals surface area contributed by atoms with Crippen LogP contribution in [0.5, 0.6) is 11.5 Å². The van der Waals surface area contributed by atoms with Gasteiger partial charge in [-0.25, -0.2) is 0 Å². The zero-order chi connectivity index (χ0) is 36.3. The van der Waals surface area contributed by atoms with Crippen molar-refractivity contribution in [2.45, 2.75) is 200 Å². The third-order valence-corrected chi connectivity index (χ3v) is 9.24. The summed E-state index contributed by atoms with van der Waals surface area (Å²) in [5.41, 5.74) is 1.01. The molecule has 0 atom stereocenters. The molecule has 1 aromatic rings. The van der Waals surface area contributed by atoms with E-state index in [4.69, 9.17) is 9.47 Å². The van der Waals surface area contributed by atoms with Crippen molar-refractivity contribution < 1.29 is 19.1 Å². The number of esters is 2. The summed E-state index contributed by atoms with van der Waals surface area (Å²) >= 11 is 0. The van der Waals surface area contributed by atoms with E-state index in [1.807, 2.05) is 26.2 Å². The molecule has 0 radical (unpaired) electrons. The minimum atomic E-state index is -0.266. The monoisotopic (exact) mass is 696 g/mol. The average molecular weight is 696 g/mol. The molecular weight excluding hydrogens is 618 g/mol. The summed E-state index contributed by atoms with van der Waals surface area (Å²) < 4.78 is 11.5. The minimum absolute atomic E-state index is 0.265. The van der Waals surface area contributed by atoms with Gasteiger partial charge in [0.15, 0.2) is 11.5 Å². The van der Waals surface area contributed by atoms with Gasteiger partial charge in [-0.05, 0) is 96.0 Å². The molecule has 0 aliphatic heterocycles. The van der Waals surface area contributed by atoms with E-state index in [2.05, 4.69) is 43.1 Å². The van der Waals surface area contributed by atoms with Crippen LogP contribution in [0, 0.1) is 0 Å². The molecular formula is C45H77NO4. The highest BCUT2D eigenvalue weighted by Crippen LogP contribution is 2.30. The second-order valence-electron chi connectivity index (χ2n) is 14.6. The fraction of sp³-hybridized carbons (Fsp3) is 0.733. The van der Waals surface area contributed by atoms with Crippen molar-refractivity contribution >= 4 is 11.9 Å². The Kier molecular flexibility index (Phi) is 30.8. The summed E-state index contributed by atoms with van der Waals surface area (Å²) in [6.45, 7) is 5.24. The van der Waals surface area contributed by atoms with Crippen LogP contribution in [0.25, 0.3) is 0 Å². The number of rotatable bonds is 34. The lowest BCUT2D eigenvalue weighted by Crippen LogP contribution is -2.14. The van der Waals surface area contributed by atoms with Crippen molar-refractivity contribution in [3.8, 4) is 11.5 Å². The number of carbonyl (C=O) groups is 2. The van der Waals surface area contributed by atoms with Gasteiger partial charge in [-0.1, -0.05) is 147 Å². The van der Waals surface area contributed by atoms with Crippen LogP contribution in [0.1, 0.15) is 199 Å². The lowest BCUT2D eigenvalue weighted by molar-refractivity contribution is -0.137. The molecule has 0 unspecified atom stereocenters. The first kappa shape index (κ1) is 45.6. The van der Waals surface area contributed by atoms with Gasteiger partial charge in [0.1, 0.15) is 0 Å². The van der Waals surface area contributed by atoms with Gasteiger partial charge in [0.2, 0.25) is 0 Å². The average Bonchev–Trinajstić information content (AvgIpc) is 3.09. The fourth-order valence-electron chi connectivity index (χ4n) is 6.21. The third-order valence-electron chi connectivity index (χ3n) is 9.24. The first-order chi connectivity index (χ1) is 24.5. The number of hydrogen-bond donors (Lipinski definition) is 0. The Bertz CT molecular complexity index is 1010. The van der Waals surface area contributed by atoms with Crippen LogP contribution in [-0.4, -0.2) is 30.9 Å². The molecule has 0 aromatic heterocycles. The van der Waals surface area contributed by atoms with Gasteiger partial charge in [-0.15, -0.1) is 0 Å². The predicted octanol–water partition coefficient (Wildman–Crippen LogP) is 13.6. The summed E-state index contributed by atoms with van der Waals surface area (Å²) in [6.07, 6.45) is 41.9. The number of hydrogen-bond acceptors (Lipinski definition) is 5. The number of allylic oxidation sites excluding steroid dienone is 4. The topological polar surface area (TPSA) is 55.8 Å². The zero-order valence-corrected chi connectivity index (χ0v) is 33.1. The van der Waals surface area contributed by atoms with E-state index in [0.29, 0.717) is 30.9 Å². The van der Waals surface area contributed by atoms with Crippen LogP contribution in [0.2, 0.25) is 0 Å². The summed E-state index contributed by atoms with van der Waals surface area (Å²) in [5.74, 6) is 0.153. The van der Waals surface area contributed by atoms with Crippen molar-refractivity contribution in [3.05, 3.63) is 48.1 Å². The van der Waals surface area contributed by atoms with Crippen LogP contribution in [0.15, 0.2) is 42.5 Å². The van der Waals surface area contributed by atoms with Gasteiger partial charge in [0.25, 0.3) is 0 Å². The summed E-state index contributed by atoms with van der Waals surface area (Å²) in [5, 5.41) is 0.